The number of benzene rings is 1. The van der Waals surface area contributed by atoms with Gasteiger partial charge >= 0.3 is 0 Å². The Kier molecular flexibility index (Phi) is 6.96. The summed E-state index contributed by atoms with van der Waals surface area (Å²) in [5.41, 5.74) is 1.85. The first kappa shape index (κ1) is 23.1. The molecule has 1 heterocycles. The van der Waals surface area contributed by atoms with Crippen molar-refractivity contribution in [3.05, 3.63) is 63.8 Å². The highest BCUT2D eigenvalue weighted by Crippen LogP contribution is 2.45. The zero-order valence-electron chi connectivity index (χ0n) is 17.4. The van der Waals surface area contributed by atoms with E-state index in [1.54, 1.807) is 26.0 Å². The molecular weight excluding hydrogens is 443 g/mol. The fourth-order valence-corrected chi connectivity index (χ4v) is 3.87. The van der Waals surface area contributed by atoms with Crippen LogP contribution in [0, 0.1) is 18.7 Å². The Morgan fingerprint density at radius 2 is 2.06 bits per heavy atom. The summed E-state index contributed by atoms with van der Waals surface area (Å²) in [6.07, 6.45) is 5.96. The van der Waals surface area contributed by atoms with E-state index in [0.29, 0.717) is 22.9 Å². The molecule has 0 radical (unpaired) electrons. The average molecular weight is 467 g/mol. The number of sulfone groups is 1. The van der Waals surface area contributed by atoms with Crippen molar-refractivity contribution in [3.63, 3.8) is 0 Å². The lowest BCUT2D eigenvalue weighted by atomic mass is 10.0. The van der Waals surface area contributed by atoms with Crippen molar-refractivity contribution < 1.29 is 17.6 Å². The van der Waals surface area contributed by atoms with Gasteiger partial charge in [0.1, 0.15) is 5.82 Å². The number of anilines is 1. The quantitative estimate of drug-likeness (QED) is 0.613. The van der Waals surface area contributed by atoms with Crippen LogP contribution in [0.4, 0.5) is 10.1 Å². The van der Waals surface area contributed by atoms with Gasteiger partial charge in [0.25, 0.3) is 5.91 Å². The van der Waals surface area contributed by atoms with Crippen LogP contribution in [-0.2, 0) is 9.84 Å². The number of amides is 1. The first-order valence-corrected chi connectivity index (χ1v) is 12.1. The van der Waals surface area contributed by atoms with Crippen LogP contribution < -0.4 is 10.6 Å². The third-order valence-electron chi connectivity index (χ3n) is 4.88. The number of aromatic nitrogens is 2. The smallest absolute Gasteiger partial charge is 0.289 e. The number of nitrogens with one attached hydrogen (secondary N) is 2. The molecule has 0 saturated heterocycles. The molecule has 1 aromatic heterocycles. The van der Waals surface area contributed by atoms with Gasteiger partial charge in [-0.15, -0.1) is 0 Å². The maximum atomic E-state index is 13.9. The molecule has 1 saturated carbocycles. The van der Waals surface area contributed by atoms with Crippen molar-refractivity contribution in [1.29, 1.82) is 0 Å². The highest BCUT2D eigenvalue weighted by molar-refractivity contribution is 7.93. The molecule has 3 rings (SSSR count). The summed E-state index contributed by atoms with van der Waals surface area (Å²) in [6, 6.07) is 4.04. The van der Waals surface area contributed by atoms with Crippen molar-refractivity contribution in [3.8, 4) is 0 Å². The van der Waals surface area contributed by atoms with Crippen molar-refractivity contribution in [2.24, 2.45) is 5.92 Å². The van der Waals surface area contributed by atoms with Crippen LogP contribution in [0.25, 0.3) is 0 Å². The third kappa shape index (κ3) is 6.24. The lowest BCUT2D eigenvalue weighted by molar-refractivity contribution is 0.0936. The van der Waals surface area contributed by atoms with E-state index in [2.05, 4.69) is 20.6 Å². The molecule has 1 amide bonds. The lowest BCUT2D eigenvalue weighted by Gasteiger charge is -2.22. The predicted molar refractivity (Wildman–Crippen MR) is 118 cm³/mol. The molecule has 0 aliphatic heterocycles. The van der Waals surface area contributed by atoms with Gasteiger partial charge in [0.15, 0.2) is 9.84 Å². The molecule has 0 unspecified atom stereocenters. The summed E-state index contributed by atoms with van der Waals surface area (Å²) in [6.45, 7) is 3.39. The van der Waals surface area contributed by atoms with Gasteiger partial charge in [0.2, 0.25) is 5.82 Å². The number of nitrogens with zero attached hydrogens (tertiary/aromatic N) is 2. The van der Waals surface area contributed by atoms with Gasteiger partial charge in [-0.2, -0.15) is 0 Å². The monoisotopic (exact) mass is 466 g/mol. The van der Waals surface area contributed by atoms with E-state index in [4.69, 9.17) is 11.6 Å². The molecule has 2 aromatic rings. The molecule has 7 nitrogen and oxygen atoms in total. The summed E-state index contributed by atoms with van der Waals surface area (Å²) in [7, 11) is -3.28. The fourth-order valence-electron chi connectivity index (χ4n) is 3.11. The first-order valence-electron chi connectivity index (χ1n) is 9.78. The minimum absolute atomic E-state index is 0.0329. The number of carbonyl (C=O) groups excluding carboxylic acids is 1. The SMILES string of the molecule is Cc1nc(C(=O)N[C@H](C)/C=C/S(C)(=O)=O)ncc1N[C@H](c1cccc(F)c1Cl)C1CC1. The second kappa shape index (κ2) is 9.32. The molecule has 1 fully saturated rings. The van der Waals surface area contributed by atoms with Gasteiger partial charge in [-0.05, 0) is 44.2 Å². The number of halogens is 2. The predicted octanol–water partition coefficient (Wildman–Crippen LogP) is 3.82. The number of hydrogen-bond acceptors (Lipinski definition) is 6. The summed E-state index contributed by atoms with van der Waals surface area (Å²) >= 11 is 6.19. The van der Waals surface area contributed by atoms with E-state index in [1.807, 2.05) is 0 Å². The highest BCUT2D eigenvalue weighted by Gasteiger charge is 2.34. The number of hydrogen-bond donors (Lipinski definition) is 2. The standard InChI is InChI=1S/C21H24ClFN4O3S/c1-12(9-10-31(3,29)30)25-21(28)20-24-11-17(13(2)26-20)27-19(14-7-8-14)15-5-4-6-16(23)18(15)22/h4-6,9-12,14,19,27H,7-8H2,1-3H3,(H,25,28)/b10-9+/t12-,19+/m1/s1. The minimum Gasteiger partial charge on any atom is -0.375 e. The molecule has 1 aliphatic carbocycles. The van der Waals surface area contributed by atoms with Crippen LogP contribution in [0.1, 0.15) is 47.7 Å². The van der Waals surface area contributed by atoms with E-state index in [0.717, 1.165) is 24.5 Å². The Hall–Kier alpha value is -2.52. The molecule has 166 valence electrons. The van der Waals surface area contributed by atoms with E-state index >= 15 is 0 Å². The zero-order chi connectivity index (χ0) is 22.8. The minimum atomic E-state index is -3.28. The van der Waals surface area contributed by atoms with E-state index in [1.165, 1.54) is 18.3 Å². The van der Waals surface area contributed by atoms with Crippen LogP contribution in [0.2, 0.25) is 5.02 Å². The molecule has 2 atom stereocenters. The molecule has 0 spiro atoms. The molecule has 2 N–H and O–H groups in total. The molecule has 10 heteroatoms. The Bertz CT molecular complexity index is 1120. The van der Waals surface area contributed by atoms with Gasteiger partial charge in [0, 0.05) is 17.7 Å². The Morgan fingerprint density at radius 1 is 1.35 bits per heavy atom. The second-order valence-electron chi connectivity index (χ2n) is 7.72. The molecule has 1 aliphatic rings. The Balaban J connectivity index is 1.75. The summed E-state index contributed by atoms with van der Waals surface area (Å²) in [4.78, 5) is 20.8. The van der Waals surface area contributed by atoms with Crippen LogP contribution in [-0.4, -0.2) is 36.6 Å². The van der Waals surface area contributed by atoms with Crippen LogP contribution in [0.15, 0.2) is 35.9 Å². The number of rotatable bonds is 8. The van der Waals surface area contributed by atoms with Crippen LogP contribution in [0.3, 0.4) is 0 Å². The third-order valence-corrected chi connectivity index (χ3v) is 5.93. The topological polar surface area (TPSA) is 101 Å². The Morgan fingerprint density at radius 3 is 2.68 bits per heavy atom. The molecule has 0 bridgehead atoms. The average Bonchev–Trinajstić information content (AvgIpc) is 3.52. The molecule has 1 aromatic carbocycles. The van der Waals surface area contributed by atoms with Gasteiger partial charge in [0.05, 0.1) is 28.6 Å². The summed E-state index contributed by atoms with van der Waals surface area (Å²) in [5.74, 6) is -0.698. The normalized spacial score (nSPS) is 16.2. The first-order chi connectivity index (χ1) is 14.5. The van der Waals surface area contributed by atoms with E-state index < -0.39 is 27.6 Å². The molecular formula is C21H24ClFN4O3S. The number of aryl methyl sites for hydroxylation is 1. The fraction of sp³-hybridized carbons (Fsp3) is 0.381. The zero-order valence-corrected chi connectivity index (χ0v) is 19.0. The van der Waals surface area contributed by atoms with Gasteiger partial charge < -0.3 is 10.6 Å². The maximum absolute atomic E-state index is 13.9. The van der Waals surface area contributed by atoms with E-state index in [-0.39, 0.29) is 16.9 Å². The summed E-state index contributed by atoms with van der Waals surface area (Å²) in [5, 5.41) is 7.11. The van der Waals surface area contributed by atoms with Crippen LogP contribution >= 0.6 is 11.6 Å². The van der Waals surface area contributed by atoms with Gasteiger partial charge in [-0.3, -0.25) is 4.79 Å². The highest BCUT2D eigenvalue weighted by atomic mass is 35.5. The van der Waals surface area contributed by atoms with E-state index in [9.17, 15) is 17.6 Å². The van der Waals surface area contributed by atoms with Crippen molar-refractivity contribution in [1.82, 2.24) is 15.3 Å². The number of carbonyl (C=O) groups is 1. The van der Waals surface area contributed by atoms with Crippen LogP contribution in [0.5, 0.6) is 0 Å². The summed E-state index contributed by atoms with van der Waals surface area (Å²) < 4.78 is 36.3. The lowest BCUT2D eigenvalue weighted by Crippen LogP contribution is -2.32. The molecule has 31 heavy (non-hydrogen) atoms. The van der Waals surface area contributed by atoms with Gasteiger partial charge in [-0.25, -0.2) is 22.8 Å². The second-order valence-corrected chi connectivity index (χ2v) is 10.0. The van der Waals surface area contributed by atoms with Crippen molar-refractivity contribution >= 4 is 33.0 Å². The maximum Gasteiger partial charge on any atom is 0.289 e. The van der Waals surface area contributed by atoms with Crippen molar-refractivity contribution in [2.45, 2.75) is 38.8 Å². The van der Waals surface area contributed by atoms with Gasteiger partial charge in [-0.1, -0.05) is 29.8 Å². The largest absolute Gasteiger partial charge is 0.375 e. The van der Waals surface area contributed by atoms with Crippen molar-refractivity contribution in [2.75, 3.05) is 11.6 Å². The Labute approximate surface area is 186 Å².